The minimum atomic E-state index is -3.49. The molecule has 1 aromatic carbocycles. The number of amidine groups is 1. The number of nitrogens with zero attached hydrogens (tertiary/aromatic N) is 1. The van der Waals surface area contributed by atoms with E-state index in [-0.39, 0.29) is 34.7 Å². The molecule has 0 bridgehead atoms. The van der Waals surface area contributed by atoms with Crippen molar-refractivity contribution in [2.45, 2.75) is 27.3 Å². The number of nitrogens with two attached hydrogens (primary N) is 1. The third-order valence-electron chi connectivity index (χ3n) is 2.56. The highest BCUT2D eigenvalue weighted by Crippen LogP contribution is 2.16. The van der Waals surface area contributed by atoms with Crippen LogP contribution in [0.15, 0.2) is 23.4 Å². The summed E-state index contributed by atoms with van der Waals surface area (Å²) >= 11 is 0. The van der Waals surface area contributed by atoms with Gasteiger partial charge in [-0.1, -0.05) is 38.1 Å². The van der Waals surface area contributed by atoms with Gasteiger partial charge in [0.25, 0.3) is 0 Å². The van der Waals surface area contributed by atoms with Gasteiger partial charge in [0.2, 0.25) is 10.0 Å². The van der Waals surface area contributed by atoms with Crippen LogP contribution in [0.5, 0.6) is 0 Å². The van der Waals surface area contributed by atoms with Crippen molar-refractivity contribution in [3.05, 3.63) is 35.1 Å². The van der Waals surface area contributed by atoms with E-state index in [1.165, 1.54) is 12.1 Å². The lowest BCUT2D eigenvalue weighted by molar-refractivity contribution is 0.318. The molecule has 0 amide bonds. The molecule has 4 N–H and O–H groups in total. The molecule has 0 radical (unpaired) electrons. The molecule has 118 valence electrons. The lowest BCUT2D eigenvalue weighted by atomic mass is 10.0. The highest BCUT2D eigenvalue weighted by molar-refractivity contribution is 7.89. The van der Waals surface area contributed by atoms with Crippen LogP contribution in [0.25, 0.3) is 0 Å². The highest BCUT2D eigenvalue weighted by atomic mass is 32.2. The highest BCUT2D eigenvalue weighted by Gasteiger charge is 2.21. The Balaban J connectivity index is 2.82. The van der Waals surface area contributed by atoms with Crippen LogP contribution in [0, 0.1) is 11.2 Å². The molecule has 21 heavy (non-hydrogen) atoms. The predicted molar refractivity (Wildman–Crippen MR) is 79.0 cm³/mol. The van der Waals surface area contributed by atoms with Crippen LogP contribution in [0.3, 0.4) is 0 Å². The van der Waals surface area contributed by atoms with Gasteiger partial charge < -0.3 is 10.9 Å². The summed E-state index contributed by atoms with van der Waals surface area (Å²) in [6.07, 6.45) is 0. The van der Waals surface area contributed by atoms with E-state index < -0.39 is 15.8 Å². The Morgan fingerprint density at radius 2 is 2.05 bits per heavy atom. The first kappa shape index (κ1) is 17.4. The topological polar surface area (TPSA) is 105 Å². The van der Waals surface area contributed by atoms with Crippen molar-refractivity contribution in [1.29, 1.82) is 0 Å². The number of hydrogen-bond donors (Lipinski definition) is 3. The fourth-order valence-electron chi connectivity index (χ4n) is 1.72. The summed E-state index contributed by atoms with van der Waals surface area (Å²) in [7, 11) is -3.49. The Labute approximate surface area is 123 Å². The van der Waals surface area contributed by atoms with Gasteiger partial charge in [0.1, 0.15) is 5.82 Å². The van der Waals surface area contributed by atoms with E-state index >= 15 is 0 Å². The number of benzene rings is 1. The van der Waals surface area contributed by atoms with Gasteiger partial charge in [0.15, 0.2) is 5.84 Å². The summed E-state index contributed by atoms with van der Waals surface area (Å²) in [4.78, 5) is 0. The van der Waals surface area contributed by atoms with Crippen LogP contribution in [0.2, 0.25) is 0 Å². The molecule has 1 rings (SSSR count). The second-order valence-electron chi connectivity index (χ2n) is 5.93. The van der Waals surface area contributed by atoms with Gasteiger partial charge in [-0.25, -0.2) is 17.5 Å². The van der Waals surface area contributed by atoms with Crippen LogP contribution in [0.1, 0.15) is 31.9 Å². The van der Waals surface area contributed by atoms with Gasteiger partial charge in [-0.15, -0.1) is 0 Å². The lowest BCUT2D eigenvalue weighted by Crippen LogP contribution is -2.32. The second kappa shape index (κ2) is 6.40. The molecule has 0 fully saturated rings. The van der Waals surface area contributed by atoms with Crippen molar-refractivity contribution in [2.24, 2.45) is 16.3 Å². The molecule has 0 aliphatic heterocycles. The Kier molecular flexibility index (Phi) is 5.30. The monoisotopic (exact) mass is 317 g/mol. The normalized spacial score (nSPS) is 13.4. The first-order chi connectivity index (χ1) is 9.54. The maximum atomic E-state index is 13.8. The Morgan fingerprint density at radius 1 is 1.43 bits per heavy atom. The number of halogens is 1. The molecular formula is C13H20FN3O3S. The quantitative estimate of drug-likeness (QED) is 0.330. The van der Waals surface area contributed by atoms with Crippen molar-refractivity contribution in [1.82, 2.24) is 4.72 Å². The molecule has 0 spiro atoms. The smallest absolute Gasteiger partial charge is 0.212 e. The molecule has 0 unspecified atom stereocenters. The number of hydrogen-bond acceptors (Lipinski definition) is 4. The van der Waals surface area contributed by atoms with Crippen molar-refractivity contribution in [2.75, 3.05) is 5.75 Å². The average molecular weight is 317 g/mol. The number of oxime groups is 1. The summed E-state index contributed by atoms with van der Waals surface area (Å²) in [6, 6.07) is 3.93. The predicted octanol–water partition coefficient (Wildman–Crippen LogP) is 1.39. The Bertz CT molecular complexity index is 637. The van der Waals surface area contributed by atoms with E-state index in [1.807, 2.05) is 0 Å². The van der Waals surface area contributed by atoms with Crippen molar-refractivity contribution < 1.29 is 18.0 Å². The first-order valence-corrected chi connectivity index (χ1v) is 7.93. The van der Waals surface area contributed by atoms with Gasteiger partial charge in [0, 0.05) is 17.7 Å². The van der Waals surface area contributed by atoms with Gasteiger partial charge in [-0.3, -0.25) is 0 Å². The fraction of sp³-hybridized carbons (Fsp3) is 0.462. The molecule has 0 saturated carbocycles. The molecule has 0 aromatic heterocycles. The maximum absolute atomic E-state index is 13.8. The maximum Gasteiger partial charge on any atom is 0.212 e. The summed E-state index contributed by atoms with van der Waals surface area (Å²) in [5.41, 5.74) is 5.36. The molecule has 0 saturated heterocycles. The van der Waals surface area contributed by atoms with Crippen LogP contribution in [-0.2, 0) is 16.6 Å². The van der Waals surface area contributed by atoms with Gasteiger partial charge in [-0.05, 0) is 11.5 Å². The van der Waals surface area contributed by atoms with Crippen LogP contribution in [0.4, 0.5) is 4.39 Å². The fourth-order valence-corrected chi connectivity index (χ4v) is 3.33. The first-order valence-electron chi connectivity index (χ1n) is 6.28. The van der Waals surface area contributed by atoms with Crippen LogP contribution >= 0.6 is 0 Å². The average Bonchev–Trinajstić information content (AvgIpc) is 2.33. The molecule has 0 atom stereocenters. The SMILES string of the molecule is CC(C)(C)CS(=O)(=O)NCc1ccc(C(N)=NO)cc1F. The zero-order chi connectivity index (χ0) is 16.3. The van der Waals surface area contributed by atoms with E-state index in [4.69, 9.17) is 10.9 Å². The summed E-state index contributed by atoms with van der Waals surface area (Å²) in [5, 5.41) is 11.3. The molecular weight excluding hydrogens is 297 g/mol. The Hall–Kier alpha value is -1.67. The Morgan fingerprint density at radius 3 is 2.52 bits per heavy atom. The van der Waals surface area contributed by atoms with Crippen LogP contribution < -0.4 is 10.5 Å². The van der Waals surface area contributed by atoms with Gasteiger partial charge in [-0.2, -0.15) is 0 Å². The van der Waals surface area contributed by atoms with E-state index in [9.17, 15) is 12.8 Å². The van der Waals surface area contributed by atoms with Crippen molar-refractivity contribution >= 4 is 15.9 Å². The van der Waals surface area contributed by atoms with Gasteiger partial charge >= 0.3 is 0 Å². The van der Waals surface area contributed by atoms with E-state index in [0.717, 1.165) is 6.07 Å². The molecule has 8 heteroatoms. The number of rotatable bonds is 5. The number of sulfonamides is 1. The molecule has 6 nitrogen and oxygen atoms in total. The van der Waals surface area contributed by atoms with Crippen LogP contribution in [-0.4, -0.2) is 25.2 Å². The lowest BCUT2D eigenvalue weighted by Gasteiger charge is -2.18. The van der Waals surface area contributed by atoms with Gasteiger partial charge in [0.05, 0.1) is 5.75 Å². The van der Waals surface area contributed by atoms with E-state index in [1.54, 1.807) is 20.8 Å². The molecule has 0 aliphatic carbocycles. The second-order valence-corrected chi connectivity index (χ2v) is 7.74. The van der Waals surface area contributed by atoms with E-state index in [0.29, 0.717) is 0 Å². The molecule has 1 aromatic rings. The molecule has 0 heterocycles. The minimum absolute atomic E-state index is 0.0518. The zero-order valence-electron chi connectivity index (χ0n) is 12.2. The standard InChI is InChI=1S/C13H20FN3O3S/c1-13(2,3)8-21(19,20)16-7-10-5-4-9(6-11(10)14)12(15)17-18/h4-6,16,18H,7-8H2,1-3H3,(H2,15,17). The zero-order valence-corrected chi connectivity index (χ0v) is 13.0. The van der Waals surface area contributed by atoms with Crippen molar-refractivity contribution in [3.63, 3.8) is 0 Å². The van der Waals surface area contributed by atoms with E-state index in [2.05, 4.69) is 9.88 Å². The summed E-state index contributed by atoms with van der Waals surface area (Å²) < 4.78 is 39.9. The summed E-state index contributed by atoms with van der Waals surface area (Å²) in [5.74, 6) is -0.893. The third-order valence-corrected chi connectivity index (χ3v) is 4.39. The molecule has 0 aliphatic rings. The van der Waals surface area contributed by atoms with Crippen molar-refractivity contribution in [3.8, 4) is 0 Å². The largest absolute Gasteiger partial charge is 0.409 e. The third kappa shape index (κ3) is 5.68. The summed E-state index contributed by atoms with van der Waals surface area (Å²) in [6.45, 7) is 5.26. The minimum Gasteiger partial charge on any atom is -0.409 e. The number of nitrogens with one attached hydrogen (secondary N) is 1.